The molecule has 0 fully saturated rings. The number of alkyl halides is 1. The normalized spacial score (nSPS) is 13.5. The van der Waals surface area contributed by atoms with E-state index in [9.17, 15) is 5.11 Å². The third-order valence-corrected chi connectivity index (χ3v) is 6.62. The Hall–Kier alpha value is -1.92. The van der Waals surface area contributed by atoms with Crippen molar-refractivity contribution in [1.29, 1.82) is 0 Å². The highest BCUT2D eigenvalue weighted by Gasteiger charge is 2.25. The average Bonchev–Trinajstić information content (AvgIpc) is 3.30. The minimum Gasteiger partial charge on any atom is -0.492 e. The zero-order valence-electron chi connectivity index (χ0n) is 19.0. The Morgan fingerprint density at radius 1 is 1.00 bits per heavy atom. The van der Waals surface area contributed by atoms with Gasteiger partial charge in [-0.2, -0.15) is 0 Å². The van der Waals surface area contributed by atoms with Gasteiger partial charge in [0.05, 0.1) is 29.5 Å². The Kier molecular flexibility index (Phi) is 8.94. The molecule has 0 aliphatic heterocycles. The molecule has 0 aliphatic rings. The monoisotopic (exact) mass is 510 g/mol. The molecule has 0 saturated carbocycles. The van der Waals surface area contributed by atoms with E-state index in [1.54, 1.807) is 23.3 Å². The number of nitrogens with zero attached hydrogens (tertiary/aromatic N) is 2. The SMILES string of the molecule is C[C@@H](CCl)COc1ccc(C(C)(C)c2ccc(OC[C@H](O)Cn3ccnc3)c(Cl)c2)cc1Cl. The Bertz CT molecular complexity index is 1040. The van der Waals surface area contributed by atoms with Gasteiger partial charge in [-0.3, -0.25) is 0 Å². The van der Waals surface area contributed by atoms with Crippen LogP contribution in [0.4, 0.5) is 0 Å². The predicted molar refractivity (Wildman–Crippen MR) is 134 cm³/mol. The molecule has 0 amide bonds. The van der Waals surface area contributed by atoms with Gasteiger partial charge in [-0.25, -0.2) is 4.98 Å². The van der Waals surface area contributed by atoms with Crippen LogP contribution in [0.25, 0.3) is 0 Å². The first kappa shape index (κ1) is 25.7. The second-order valence-corrected chi connectivity index (χ2v) is 9.83. The van der Waals surface area contributed by atoms with E-state index in [1.165, 1.54) is 0 Å². The molecule has 33 heavy (non-hydrogen) atoms. The fourth-order valence-electron chi connectivity index (χ4n) is 3.33. The fraction of sp³-hybridized carbons (Fsp3) is 0.400. The zero-order chi connectivity index (χ0) is 24.0. The van der Waals surface area contributed by atoms with Crippen LogP contribution in [-0.2, 0) is 12.0 Å². The van der Waals surface area contributed by atoms with Crippen molar-refractivity contribution in [2.45, 2.75) is 38.8 Å². The smallest absolute Gasteiger partial charge is 0.138 e. The van der Waals surface area contributed by atoms with Gasteiger partial charge in [0.15, 0.2) is 0 Å². The standard InChI is InChI=1S/C25H29Cl3N2O3/c1-17(12-26)14-32-23-6-4-18(10-21(23)27)25(2,3)19-5-7-24(22(28)11-19)33-15-20(31)13-30-9-8-29-16-30/h4-11,16-17,20,31H,12-15H2,1-3H3/t17-,20+/m0/s1. The molecule has 178 valence electrons. The van der Waals surface area contributed by atoms with Crippen molar-refractivity contribution >= 4 is 34.8 Å². The van der Waals surface area contributed by atoms with E-state index in [0.29, 0.717) is 40.6 Å². The molecule has 0 spiro atoms. The maximum atomic E-state index is 10.2. The van der Waals surface area contributed by atoms with E-state index in [2.05, 4.69) is 18.8 Å². The third kappa shape index (κ3) is 6.80. The number of hydrogen-bond acceptors (Lipinski definition) is 4. The van der Waals surface area contributed by atoms with Crippen molar-refractivity contribution < 1.29 is 14.6 Å². The summed E-state index contributed by atoms with van der Waals surface area (Å²) in [4.78, 5) is 3.96. The number of halogens is 3. The second-order valence-electron chi connectivity index (χ2n) is 8.71. The van der Waals surface area contributed by atoms with Crippen LogP contribution in [0.15, 0.2) is 55.1 Å². The molecule has 0 unspecified atom stereocenters. The maximum absolute atomic E-state index is 10.2. The summed E-state index contributed by atoms with van der Waals surface area (Å²) in [6.45, 7) is 7.27. The average molecular weight is 512 g/mol. The number of hydrogen-bond donors (Lipinski definition) is 1. The van der Waals surface area contributed by atoms with Crippen molar-refractivity contribution in [2.24, 2.45) is 5.92 Å². The van der Waals surface area contributed by atoms with Gasteiger partial charge in [0.25, 0.3) is 0 Å². The summed E-state index contributed by atoms with van der Waals surface area (Å²) in [5, 5.41) is 11.2. The van der Waals surface area contributed by atoms with Gasteiger partial charge in [-0.1, -0.05) is 56.1 Å². The first-order valence-corrected chi connectivity index (χ1v) is 12.0. The quantitative estimate of drug-likeness (QED) is 0.311. The first-order chi connectivity index (χ1) is 15.7. The molecule has 3 rings (SSSR count). The van der Waals surface area contributed by atoms with Gasteiger partial charge < -0.3 is 19.1 Å². The van der Waals surface area contributed by atoms with Crippen LogP contribution in [0.1, 0.15) is 31.9 Å². The van der Waals surface area contributed by atoms with Gasteiger partial charge >= 0.3 is 0 Å². The summed E-state index contributed by atoms with van der Waals surface area (Å²) in [6.07, 6.45) is 4.43. The van der Waals surface area contributed by atoms with Gasteiger partial charge in [0, 0.05) is 29.6 Å². The fourth-order valence-corrected chi connectivity index (χ4v) is 3.89. The number of aliphatic hydroxyl groups is 1. The van der Waals surface area contributed by atoms with Crippen LogP contribution < -0.4 is 9.47 Å². The number of aliphatic hydroxyl groups excluding tert-OH is 1. The van der Waals surface area contributed by atoms with Crippen molar-refractivity contribution in [3.63, 3.8) is 0 Å². The van der Waals surface area contributed by atoms with Crippen molar-refractivity contribution in [3.8, 4) is 11.5 Å². The Balaban J connectivity index is 1.68. The van der Waals surface area contributed by atoms with Crippen molar-refractivity contribution in [2.75, 3.05) is 19.1 Å². The Labute approximate surface area is 210 Å². The molecule has 0 saturated heterocycles. The van der Waals surface area contributed by atoms with Gasteiger partial charge in [0.1, 0.15) is 24.2 Å². The van der Waals surface area contributed by atoms with Crippen LogP contribution in [0.2, 0.25) is 10.0 Å². The molecule has 5 nitrogen and oxygen atoms in total. The minimum absolute atomic E-state index is 0.125. The molecule has 1 heterocycles. The number of ether oxygens (including phenoxy) is 2. The lowest BCUT2D eigenvalue weighted by molar-refractivity contribution is 0.0925. The van der Waals surface area contributed by atoms with E-state index < -0.39 is 6.10 Å². The highest BCUT2D eigenvalue weighted by molar-refractivity contribution is 6.32. The lowest BCUT2D eigenvalue weighted by atomic mass is 9.78. The molecule has 2 atom stereocenters. The summed E-state index contributed by atoms with van der Waals surface area (Å²) in [5.74, 6) is 1.95. The molecule has 8 heteroatoms. The lowest BCUT2D eigenvalue weighted by Gasteiger charge is -2.27. The molecule has 1 N–H and O–H groups in total. The molecular weight excluding hydrogens is 483 g/mol. The van der Waals surface area contributed by atoms with Crippen LogP contribution in [0, 0.1) is 5.92 Å². The summed E-state index contributed by atoms with van der Waals surface area (Å²) in [5.41, 5.74) is 1.69. The number of benzene rings is 2. The molecule has 0 radical (unpaired) electrons. The molecule has 0 bridgehead atoms. The van der Waals surface area contributed by atoms with Crippen molar-refractivity contribution in [1.82, 2.24) is 9.55 Å². The molecule has 3 aromatic rings. The summed E-state index contributed by atoms with van der Waals surface area (Å²) in [6, 6.07) is 11.5. The van der Waals surface area contributed by atoms with E-state index >= 15 is 0 Å². The van der Waals surface area contributed by atoms with Crippen LogP contribution in [-0.4, -0.2) is 39.9 Å². The number of rotatable bonds is 11. The largest absolute Gasteiger partial charge is 0.492 e. The van der Waals surface area contributed by atoms with Crippen LogP contribution in [0.3, 0.4) is 0 Å². The topological polar surface area (TPSA) is 56.5 Å². The second kappa shape index (κ2) is 11.5. The Morgan fingerprint density at radius 3 is 2.06 bits per heavy atom. The van der Waals surface area contributed by atoms with E-state index in [0.717, 1.165) is 11.1 Å². The number of imidazole rings is 1. The zero-order valence-corrected chi connectivity index (χ0v) is 21.2. The van der Waals surface area contributed by atoms with Gasteiger partial charge in [-0.15, -0.1) is 11.6 Å². The van der Waals surface area contributed by atoms with Crippen LogP contribution in [0.5, 0.6) is 11.5 Å². The summed E-state index contributed by atoms with van der Waals surface area (Å²) < 4.78 is 13.3. The molecule has 0 aliphatic carbocycles. The molecule has 2 aromatic carbocycles. The number of aromatic nitrogens is 2. The van der Waals surface area contributed by atoms with Gasteiger partial charge in [-0.05, 0) is 35.4 Å². The minimum atomic E-state index is -0.679. The van der Waals surface area contributed by atoms with E-state index in [1.807, 2.05) is 43.3 Å². The van der Waals surface area contributed by atoms with Crippen molar-refractivity contribution in [3.05, 3.63) is 76.3 Å². The van der Waals surface area contributed by atoms with Gasteiger partial charge in [0.2, 0.25) is 0 Å². The van der Waals surface area contributed by atoms with E-state index in [-0.39, 0.29) is 17.9 Å². The first-order valence-electron chi connectivity index (χ1n) is 10.8. The molecule has 1 aromatic heterocycles. The Morgan fingerprint density at radius 2 is 1.58 bits per heavy atom. The molecular formula is C25H29Cl3N2O3. The third-order valence-electron chi connectivity index (χ3n) is 5.51. The van der Waals surface area contributed by atoms with E-state index in [4.69, 9.17) is 44.3 Å². The predicted octanol–water partition coefficient (Wildman–Crippen LogP) is 6.21. The van der Waals surface area contributed by atoms with Crippen LogP contribution >= 0.6 is 34.8 Å². The highest BCUT2D eigenvalue weighted by Crippen LogP contribution is 2.38. The summed E-state index contributed by atoms with van der Waals surface area (Å²) >= 11 is 18.9. The lowest BCUT2D eigenvalue weighted by Crippen LogP contribution is -2.23. The maximum Gasteiger partial charge on any atom is 0.138 e. The summed E-state index contributed by atoms with van der Waals surface area (Å²) in [7, 11) is 0. The highest BCUT2D eigenvalue weighted by atomic mass is 35.5.